The van der Waals surface area contributed by atoms with E-state index in [1.54, 1.807) is 12.1 Å². The Hall–Kier alpha value is -2.61. The van der Waals surface area contributed by atoms with Gasteiger partial charge in [-0.25, -0.2) is 0 Å². The average molecular weight is 401 g/mol. The molecule has 1 heterocycles. The summed E-state index contributed by atoms with van der Waals surface area (Å²) in [5.74, 6) is -0.0788. The van der Waals surface area contributed by atoms with Crippen LogP contribution in [-0.2, 0) is 23.0 Å². The third-order valence-electron chi connectivity index (χ3n) is 4.70. The van der Waals surface area contributed by atoms with Crippen LogP contribution in [0.4, 0.5) is 0 Å². The lowest BCUT2D eigenvalue weighted by Crippen LogP contribution is -2.31. The van der Waals surface area contributed by atoms with Gasteiger partial charge in [0.1, 0.15) is 0 Å². The zero-order valence-electron chi connectivity index (χ0n) is 15.5. The van der Waals surface area contributed by atoms with E-state index in [9.17, 15) is 18.6 Å². The second-order valence-electron chi connectivity index (χ2n) is 6.87. The molecule has 28 heavy (non-hydrogen) atoms. The fourth-order valence-electron chi connectivity index (χ4n) is 3.54. The number of nitrogens with one attached hydrogen (secondary N) is 1. The molecule has 1 atom stereocenters. The van der Waals surface area contributed by atoms with Gasteiger partial charge in [0.25, 0.3) is 10.1 Å². The van der Waals surface area contributed by atoms with Gasteiger partial charge in [0.2, 0.25) is 0 Å². The van der Waals surface area contributed by atoms with Gasteiger partial charge in [-0.2, -0.15) is 8.42 Å². The molecule has 3 aromatic carbocycles. The molecule has 0 amide bonds. The number of phenols is 2. The van der Waals surface area contributed by atoms with E-state index in [0.717, 1.165) is 30.5 Å². The molecule has 3 aromatic rings. The normalized spacial score (nSPS) is 16.1. The van der Waals surface area contributed by atoms with Gasteiger partial charge >= 0.3 is 0 Å². The minimum absolute atomic E-state index is 0.0328. The maximum Gasteiger partial charge on any atom is 0.261 e. The van der Waals surface area contributed by atoms with Crippen molar-refractivity contribution in [2.45, 2.75) is 18.9 Å². The molecule has 4 rings (SSSR count). The number of benzene rings is 3. The molecular weight excluding hydrogens is 378 g/mol. The Morgan fingerprint density at radius 2 is 1.68 bits per heavy atom. The predicted octanol–water partition coefficient (Wildman–Crippen LogP) is 3.18. The first kappa shape index (κ1) is 20.1. The van der Waals surface area contributed by atoms with E-state index >= 15 is 0 Å². The van der Waals surface area contributed by atoms with Gasteiger partial charge in [-0.3, -0.25) is 4.55 Å². The van der Waals surface area contributed by atoms with Crippen LogP contribution in [0.5, 0.6) is 11.5 Å². The van der Waals surface area contributed by atoms with Gasteiger partial charge < -0.3 is 15.5 Å². The molecule has 6 nitrogen and oxygen atoms in total. The Balaban J connectivity index is 0.000000403. The molecule has 1 aliphatic rings. The Labute approximate surface area is 164 Å². The third kappa shape index (κ3) is 5.01. The molecule has 148 valence electrons. The van der Waals surface area contributed by atoms with E-state index in [2.05, 4.69) is 47.8 Å². The molecule has 0 aromatic heterocycles. The van der Waals surface area contributed by atoms with Crippen molar-refractivity contribution < 1.29 is 23.2 Å². The lowest BCUT2D eigenvalue weighted by molar-refractivity contribution is 0.398. The number of rotatable bonds is 2. The van der Waals surface area contributed by atoms with Crippen LogP contribution in [-0.4, -0.2) is 36.0 Å². The second kappa shape index (κ2) is 8.18. The topological polar surface area (TPSA) is 107 Å². The Morgan fingerprint density at radius 3 is 2.43 bits per heavy atom. The Kier molecular flexibility index (Phi) is 5.88. The number of hydrogen-bond acceptors (Lipinski definition) is 5. The minimum atomic E-state index is -3.67. The van der Waals surface area contributed by atoms with Crippen LogP contribution in [0, 0.1) is 0 Å². The monoisotopic (exact) mass is 401 g/mol. The standard InChI is InChI=1S/C20H19NO2.CH4O3S/c22-19-11-15-8-9-21-18(17(15)12-20(19)23)10-14-6-3-5-13-4-1-2-7-16(13)14;1-5(2,3)4/h1-7,11-12,18,21-23H,8-10H2;1H3,(H,2,3,4)/t18-;/m0./s1. The van der Waals surface area contributed by atoms with E-state index in [0.29, 0.717) is 6.26 Å². The van der Waals surface area contributed by atoms with Gasteiger partial charge in [-0.05, 0) is 59.0 Å². The fraction of sp³-hybridized carbons (Fsp3) is 0.238. The van der Waals surface area contributed by atoms with Crippen LogP contribution in [0.1, 0.15) is 22.7 Å². The molecule has 0 spiro atoms. The Morgan fingerprint density at radius 1 is 1.04 bits per heavy atom. The second-order valence-corrected chi connectivity index (χ2v) is 8.34. The van der Waals surface area contributed by atoms with E-state index in [1.807, 2.05) is 0 Å². The summed E-state index contributed by atoms with van der Waals surface area (Å²) in [5.41, 5.74) is 3.49. The SMILES string of the molecule is CS(=O)(=O)O.Oc1cc2c(cc1O)[C@H](Cc1cccc3ccccc13)NCC2. The Bertz CT molecular complexity index is 1080. The first-order valence-corrected chi connectivity index (χ1v) is 10.7. The molecule has 0 saturated heterocycles. The quantitative estimate of drug-likeness (QED) is 0.388. The molecule has 0 saturated carbocycles. The molecule has 7 heteroatoms. The largest absolute Gasteiger partial charge is 0.504 e. The number of fused-ring (bicyclic) bond motifs is 2. The van der Waals surface area contributed by atoms with Crippen molar-refractivity contribution in [2.24, 2.45) is 0 Å². The molecule has 4 N–H and O–H groups in total. The minimum Gasteiger partial charge on any atom is -0.504 e. The molecule has 1 aliphatic heterocycles. The number of phenolic OH excluding ortho intramolecular Hbond substituents is 2. The summed E-state index contributed by atoms with van der Waals surface area (Å²) in [4.78, 5) is 0. The zero-order valence-corrected chi connectivity index (χ0v) is 16.3. The highest BCUT2D eigenvalue weighted by Gasteiger charge is 2.22. The summed E-state index contributed by atoms with van der Waals surface area (Å²) in [7, 11) is -3.67. The molecule has 0 unspecified atom stereocenters. The summed E-state index contributed by atoms with van der Waals surface area (Å²) >= 11 is 0. The van der Waals surface area contributed by atoms with Gasteiger partial charge in [-0.15, -0.1) is 0 Å². The highest BCUT2D eigenvalue weighted by molar-refractivity contribution is 7.85. The van der Waals surface area contributed by atoms with Crippen LogP contribution in [0.2, 0.25) is 0 Å². The first-order valence-electron chi connectivity index (χ1n) is 8.89. The number of aromatic hydroxyl groups is 2. The van der Waals surface area contributed by atoms with Crippen molar-refractivity contribution in [1.29, 1.82) is 0 Å². The van der Waals surface area contributed by atoms with Crippen LogP contribution in [0.15, 0.2) is 54.6 Å². The van der Waals surface area contributed by atoms with Crippen molar-refractivity contribution >= 4 is 20.9 Å². The predicted molar refractivity (Wildman–Crippen MR) is 109 cm³/mol. The van der Waals surface area contributed by atoms with Crippen LogP contribution >= 0.6 is 0 Å². The van der Waals surface area contributed by atoms with Crippen LogP contribution in [0.3, 0.4) is 0 Å². The van der Waals surface area contributed by atoms with E-state index in [4.69, 9.17) is 4.55 Å². The first-order chi connectivity index (χ1) is 13.2. The fourth-order valence-corrected chi connectivity index (χ4v) is 3.54. The lowest BCUT2D eigenvalue weighted by Gasteiger charge is -2.28. The summed E-state index contributed by atoms with van der Waals surface area (Å²) in [5, 5.41) is 25.6. The van der Waals surface area contributed by atoms with Crippen LogP contribution in [0.25, 0.3) is 10.8 Å². The molecule has 0 fully saturated rings. The van der Waals surface area contributed by atoms with Gasteiger partial charge in [0, 0.05) is 6.04 Å². The number of hydrogen-bond donors (Lipinski definition) is 4. The summed E-state index contributed by atoms with van der Waals surface area (Å²) < 4.78 is 25.9. The van der Waals surface area contributed by atoms with Crippen molar-refractivity contribution in [2.75, 3.05) is 12.8 Å². The van der Waals surface area contributed by atoms with E-state index in [-0.39, 0.29) is 17.5 Å². The molecule has 0 radical (unpaired) electrons. The average Bonchev–Trinajstić information content (AvgIpc) is 2.62. The van der Waals surface area contributed by atoms with E-state index < -0.39 is 10.1 Å². The smallest absolute Gasteiger partial charge is 0.261 e. The highest BCUT2D eigenvalue weighted by atomic mass is 32.2. The van der Waals surface area contributed by atoms with Crippen molar-refractivity contribution in [3.05, 3.63) is 71.3 Å². The molecule has 0 aliphatic carbocycles. The molecular formula is C21H23NO5S. The van der Waals surface area contributed by atoms with E-state index in [1.165, 1.54) is 16.3 Å². The van der Waals surface area contributed by atoms with Gasteiger partial charge in [0.15, 0.2) is 11.5 Å². The molecule has 0 bridgehead atoms. The van der Waals surface area contributed by atoms with Crippen molar-refractivity contribution in [3.63, 3.8) is 0 Å². The summed E-state index contributed by atoms with van der Waals surface area (Å²) in [6.07, 6.45) is 2.45. The van der Waals surface area contributed by atoms with Crippen LogP contribution < -0.4 is 5.32 Å². The zero-order chi connectivity index (χ0) is 20.3. The van der Waals surface area contributed by atoms with Gasteiger partial charge in [0.05, 0.1) is 6.26 Å². The maximum atomic E-state index is 9.85. The summed E-state index contributed by atoms with van der Waals surface area (Å²) in [6, 6.07) is 18.3. The highest BCUT2D eigenvalue weighted by Crippen LogP contribution is 2.35. The maximum absolute atomic E-state index is 9.85. The van der Waals surface area contributed by atoms with Gasteiger partial charge in [-0.1, -0.05) is 42.5 Å². The van der Waals surface area contributed by atoms with Crippen molar-refractivity contribution in [3.8, 4) is 11.5 Å². The van der Waals surface area contributed by atoms with Crippen molar-refractivity contribution in [1.82, 2.24) is 5.32 Å². The summed E-state index contributed by atoms with van der Waals surface area (Å²) in [6.45, 7) is 0.882. The lowest BCUT2D eigenvalue weighted by atomic mass is 9.88. The third-order valence-corrected chi connectivity index (χ3v) is 4.70.